The Hall–Kier alpha value is -2.54. The molecule has 0 aliphatic heterocycles. The predicted molar refractivity (Wildman–Crippen MR) is 141 cm³/mol. The van der Waals surface area contributed by atoms with Crippen LogP contribution in [-0.2, 0) is 29.8 Å². The molecule has 2 aliphatic rings. The van der Waals surface area contributed by atoms with E-state index in [2.05, 4.69) is 81.4 Å². The van der Waals surface area contributed by atoms with Crippen LogP contribution in [-0.4, -0.2) is 6.88 Å². The molecule has 0 fully saturated rings. The molecular weight excluding hydrogens is 504 g/mol. The van der Waals surface area contributed by atoms with Crippen LogP contribution in [0.1, 0.15) is 28.7 Å². The van der Waals surface area contributed by atoms with E-state index in [0.717, 1.165) is 12.8 Å². The fraction of sp³-hybridized carbons (Fsp3) is 0.125. The Labute approximate surface area is 222 Å². The first-order chi connectivity index (χ1) is 16.7. The van der Waals surface area contributed by atoms with Crippen molar-refractivity contribution in [2.75, 3.05) is 0 Å². The van der Waals surface area contributed by atoms with E-state index < -0.39 is 0 Å². The van der Waals surface area contributed by atoms with E-state index in [9.17, 15) is 0 Å². The topological polar surface area (TPSA) is 0 Å². The first-order valence-corrected chi connectivity index (χ1v) is 15.3. The summed E-state index contributed by atoms with van der Waals surface area (Å²) in [5, 5.41) is 0. The fourth-order valence-electron chi connectivity index (χ4n) is 3.39. The van der Waals surface area contributed by atoms with E-state index in [0.29, 0.717) is 0 Å². The molecule has 2 radical (unpaired) electrons. The minimum atomic E-state index is 1.01. The number of hydrogen-bond acceptors (Lipinski definition) is 0. The van der Waals surface area contributed by atoms with Gasteiger partial charge in [0.1, 0.15) is 0 Å². The summed E-state index contributed by atoms with van der Waals surface area (Å²) in [6, 6.07) is 39.5. The van der Waals surface area contributed by atoms with Crippen LogP contribution in [0.3, 0.4) is 0 Å². The summed E-state index contributed by atoms with van der Waals surface area (Å²) in [5.74, 6) is 0. The first kappa shape index (κ1) is 27.7. The average molecular weight is 532 g/mol. The molecule has 4 aromatic carbocycles. The zero-order chi connectivity index (χ0) is 24.4. The molecule has 0 nitrogen and oxygen atoms in total. The van der Waals surface area contributed by atoms with E-state index >= 15 is 0 Å². The molecule has 34 heavy (non-hydrogen) atoms. The second-order valence-electron chi connectivity index (χ2n) is 7.53. The Balaban J connectivity index is 0.000000178. The summed E-state index contributed by atoms with van der Waals surface area (Å²) in [6.45, 7) is 7.32. The van der Waals surface area contributed by atoms with Gasteiger partial charge in [-0.25, -0.2) is 12.2 Å². The Kier molecular flexibility index (Phi) is 13.8. The molecule has 6 rings (SSSR count). The van der Waals surface area contributed by atoms with E-state index in [-0.39, 0.29) is 0 Å². The maximum absolute atomic E-state index is 3.45. The largest absolute Gasteiger partial charge is 0.184 e. The normalized spacial score (nSPS) is 11.0. The van der Waals surface area contributed by atoms with Gasteiger partial charge < -0.3 is 0 Å². The summed E-state index contributed by atoms with van der Waals surface area (Å²) in [5.41, 5.74) is 8.15. The molecule has 0 amide bonds. The van der Waals surface area contributed by atoms with Crippen LogP contribution < -0.4 is 0 Å². The summed E-state index contributed by atoms with van der Waals surface area (Å²) >= 11 is 1.36. The van der Waals surface area contributed by atoms with Crippen LogP contribution in [0.15, 0.2) is 109 Å². The van der Waals surface area contributed by atoms with E-state index in [4.69, 9.17) is 0 Å². The van der Waals surface area contributed by atoms with Crippen LogP contribution in [0, 0.1) is 38.1 Å². The van der Waals surface area contributed by atoms with Crippen molar-refractivity contribution in [1.82, 2.24) is 0 Å². The van der Waals surface area contributed by atoms with Crippen molar-refractivity contribution in [1.29, 1.82) is 0 Å². The molecule has 2 heteroatoms. The van der Waals surface area contributed by atoms with Gasteiger partial charge in [-0.1, -0.05) is 36.2 Å². The molecule has 0 N–H and O–H groups in total. The predicted octanol–water partition coefficient (Wildman–Crippen LogP) is 7.57. The SMILES string of the molecule is Cc1[c-]c2c(cc1)-c1ccc(C)cc1C2.[C-]1=CC=CC1.[Si]=[Zr].[c-]1ccccc1.[c-]1ccccc1. The van der Waals surface area contributed by atoms with Crippen molar-refractivity contribution in [2.45, 2.75) is 26.7 Å². The fourth-order valence-corrected chi connectivity index (χ4v) is 3.39. The van der Waals surface area contributed by atoms with Crippen LogP contribution in [0.2, 0.25) is 0 Å². The third kappa shape index (κ3) is 10.2. The Morgan fingerprint density at radius 3 is 1.82 bits per heavy atom. The summed E-state index contributed by atoms with van der Waals surface area (Å²) in [7, 11) is 0. The number of allylic oxidation sites excluding steroid dienone is 4. The first-order valence-electron chi connectivity index (χ1n) is 11.1. The third-order valence-corrected chi connectivity index (χ3v) is 4.89. The number of fused-ring (bicyclic) bond motifs is 3. The van der Waals surface area contributed by atoms with Crippen LogP contribution in [0.4, 0.5) is 0 Å². The van der Waals surface area contributed by atoms with Gasteiger partial charge in [-0.3, -0.25) is 6.08 Å². The number of aryl methyl sites for hydroxylation is 2. The molecule has 168 valence electrons. The monoisotopic (exact) mass is 530 g/mol. The molecule has 0 aromatic heterocycles. The summed E-state index contributed by atoms with van der Waals surface area (Å²) < 4.78 is 0. The number of hydrogen-bond donors (Lipinski definition) is 0. The van der Waals surface area contributed by atoms with Gasteiger partial charge in [0.25, 0.3) is 0 Å². The maximum Gasteiger partial charge on any atom is -0.171 e. The van der Waals surface area contributed by atoms with Gasteiger partial charge in [0, 0.05) is 0 Å². The molecule has 0 atom stereocenters. The molecule has 0 unspecified atom stereocenters. The van der Waals surface area contributed by atoms with Crippen LogP contribution >= 0.6 is 0 Å². The summed E-state index contributed by atoms with van der Waals surface area (Å²) in [6.07, 6.45) is 11.0. The molecular formula is C32H28SiZr-4. The third-order valence-electron chi connectivity index (χ3n) is 4.89. The van der Waals surface area contributed by atoms with Gasteiger partial charge in [-0.2, -0.15) is 103 Å². The van der Waals surface area contributed by atoms with Gasteiger partial charge >= 0.3 is 30.2 Å². The van der Waals surface area contributed by atoms with Crippen molar-refractivity contribution in [3.05, 3.63) is 156 Å². The molecule has 0 saturated carbocycles. The van der Waals surface area contributed by atoms with Crippen LogP contribution in [0.25, 0.3) is 11.1 Å². The van der Waals surface area contributed by atoms with Gasteiger partial charge in [0.2, 0.25) is 0 Å². The van der Waals surface area contributed by atoms with E-state index in [1.807, 2.05) is 72.8 Å². The van der Waals surface area contributed by atoms with E-state index in [1.165, 1.54) is 56.7 Å². The van der Waals surface area contributed by atoms with Crippen molar-refractivity contribution in [3.63, 3.8) is 0 Å². The van der Waals surface area contributed by atoms with Crippen molar-refractivity contribution < 1.29 is 23.3 Å². The number of rotatable bonds is 0. The quantitative estimate of drug-likeness (QED) is 0.143. The Bertz CT molecular complexity index is 1000. The minimum absolute atomic E-state index is 1.01. The Morgan fingerprint density at radius 2 is 1.38 bits per heavy atom. The average Bonchev–Trinajstić information content (AvgIpc) is 3.59. The smallest absolute Gasteiger partial charge is 0.171 e. The number of benzene rings is 4. The van der Waals surface area contributed by atoms with Gasteiger partial charge in [-0.15, -0.1) is 17.5 Å². The minimum Gasteiger partial charge on any atom is -0.184 e. The molecule has 0 bridgehead atoms. The van der Waals surface area contributed by atoms with E-state index in [1.54, 1.807) is 0 Å². The van der Waals surface area contributed by atoms with Crippen molar-refractivity contribution in [2.24, 2.45) is 0 Å². The van der Waals surface area contributed by atoms with Crippen LogP contribution in [0.5, 0.6) is 0 Å². The van der Waals surface area contributed by atoms with Crippen molar-refractivity contribution >= 4 is 6.88 Å². The molecule has 0 heterocycles. The van der Waals surface area contributed by atoms with Gasteiger partial charge in [0.15, 0.2) is 0 Å². The second-order valence-corrected chi connectivity index (χ2v) is 7.53. The zero-order valence-electron chi connectivity index (χ0n) is 19.8. The Morgan fingerprint density at radius 1 is 0.765 bits per heavy atom. The molecule has 0 spiro atoms. The second kappa shape index (κ2) is 17.0. The zero-order valence-corrected chi connectivity index (χ0v) is 23.3. The summed E-state index contributed by atoms with van der Waals surface area (Å²) in [4.78, 5) is 0. The molecule has 4 aromatic rings. The molecule has 2 aliphatic carbocycles. The van der Waals surface area contributed by atoms with Gasteiger partial charge in [-0.05, 0) is 18.9 Å². The molecule has 0 saturated heterocycles. The van der Waals surface area contributed by atoms with Crippen molar-refractivity contribution in [3.8, 4) is 11.1 Å². The van der Waals surface area contributed by atoms with Gasteiger partial charge in [0.05, 0.1) is 0 Å². The maximum atomic E-state index is 3.45. The standard InChI is InChI=1S/C15H13.2C6H5.C5H5.Si.Zr/c1-10-3-5-14-12(7-10)9-13-8-11(2)4-6-15(13)14;2*1-2-4-6-5-3-1;1-2-4-5-3-1;;/h3-7H,9H2,1-2H3;2*1-5H;1-3H,4H2;;/q4*-1;;.